The molecule has 16 heavy (non-hydrogen) atoms. The molecular weight excluding hydrogens is 202 g/mol. The van der Waals surface area contributed by atoms with Crippen LogP contribution in [0.15, 0.2) is 35.0 Å². The molecule has 0 amide bonds. The third-order valence-electron chi connectivity index (χ3n) is 2.28. The fraction of sp³-hybridized carbons (Fsp3) is 0.417. The summed E-state index contributed by atoms with van der Waals surface area (Å²) in [6.07, 6.45) is 3.69. The molecular formula is C12H17N3O. The highest BCUT2D eigenvalue weighted by Crippen LogP contribution is 2.09. The summed E-state index contributed by atoms with van der Waals surface area (Å²) in [5.41, 5.74) is 0. The Labute approximate surface area is 95.3 Å². The SMILES string of the molecule is CC(C)NCc1ccc(Cn2cccn2)o1. The summed E-state index contributed by atoms with van der Waals surface area (Å²) in [5, 5.41) is 7.45. The summed E-state index contributed by atoms with van der Waals surface area (Å²) in [5.74, 6) is 1.90. The minimum absolute atomic E-state index is 0.472. The molecule has 0 aliphatic rings. The quantitative estimate of drug-likeness (QED) is 0.836. The predicted octanol–water partition coefficient (Wildman–Crippen LogP) is 2.02. The van der Waals surface area contributed by atoms with Crippen LogP contribution in [0.3, 0.4) is 0 Å². The number of furan rings is 1. The van der Waals surface area contributed by atoms with Crippen LogP contribution in [0.5, 0.6) is 0 Å². The first kappa shape index (κ1) is 11.0. The fourth-order valence-electron chi connectivity index (χ4n) is 1.46. The molecule has 0 aliphatic carbocycles. The molecule has 86 valence electrons. The van der Waals surface area contributed by atoms with Gasteiger partial charge in [-0.2, -0.15) is 5.10 Å². The van der Waals surface area contributed by atoms with Crippen LogP contribution in [0.1, 0.15) is 25.4 Å². The third kappa shape index (κ3) is 2.97. The Bertz CT molecular complexity index is 417. The number of nitrogens with one attached hydrogen (secondary N) is 1. The molecule has 2 rings (SSSR count). The van der Waals surface area contributed by atoms with Crippen LogP contribution in [-0.2, 0) is 13.1 Å². The van der Waals surface area contributed by atoms with Gasteiger partial charge < -0.3 is 9.73 Å². The lowest BCUT2D eigenvalue weighted by atomic mass is 10.3. The molecule has 2 aromatic heterocycles. The molecule has 0 atom stereocenters. The average Bonchev–Trinajstić information content (AvgIpc) is 2.87. The second-order valence-corrected chi connectivity index (χ2v) is 4.11. The zero-order valence-electron chi connectivity index (χ0n) is 9.68. The van der Waals surface area contributed by atoms with Gasteiger partial charge in [0, 0.05) is 18.4 Å². The smallest absolute Gasteiger partial charge is 0.125 e. The minimum atomic E-state index is 0.472. The van der Waals surface area contributed by atoms with E-state index in [0.29, 0.717) is 12.6 Å². The molecule has 0 aromatic carbocycles. The van der Waals surface area contributed by atoms with Crippen LogP contribution < -0.4 is 5.32 Å². The monoisotopic (exact) mass is 219 g/mol. The maximum absolute atomic E-state index is 5.68. The van der Waals surface area contributed by atoms with Crippen LogP contribution in [0.25, 0.3) is 0 Å². The van der Waals surface area contributed by atoms with Crippen molar-refractivity contribution in [2.75, 3.05) is 0 Å². The molecule has 0 bridgehead atoms. The summed E-state index contributed by atoms with van der Waals surface area (Å²) in [6.45, 7) is 5.70. The van der Waals surface area contributed by atoms with Crippen molar-refractivity contribution in [1.82, 2.24) is 15.1 Å². The van der Waals surface area contributed by atoms with Gasteiger partial charge in [-0.05, 0) is 18.2 Å². The molecule has 1 N–H and O–H groups in total. The van der Waals surface area contributed by atoms with Crippen molar-refractivity contribution in [3.8, 4) is 0 Å². The first-order valence-corrected chi connectivity index (χ1v) is 5.52. The Morgan fingerprint density at radius 3 is 2.88 bits per heavy atom. The second kappa shape index (κ2) is 4.99. The number of hydrogen-bond acceptors (Lipinski definition) is 3. The van der Waals surface area contributed by atoms with E-state index >= 15 is 0 Å². The Balaban J connectivity index is 1.92. The Hall–Kier alpha value is -1.55. The molecule has 2 heterocycles. The third-order valence-corrected chi connectivity index (χ3v) is 2.28. The highest BCUT2D eigenvalue weighted by molar-refractivity contribution is 5.07. The van der Waals surface area contributed by atoms with Gasteiger partial charge in [0.15, 0.2) is 0 Å². The predicted molar refractivity (Wildman–Crippen MR) is 62.0 cm³/mol. The van der Waals surface area contributed by atoms with Crippen molar-refractivity contribution < 1.29 is 4.42 Å². The normalized spacial score (nSPS) is 11.2. The van der Waals surface area contributed by atoms with Crippen LogP contribution in [0, 0.1) is 0 Å². The van der Waals surface area contributed by atoms with E-state index in [1.807, 2.05) is 29.1 Å². The maximum atomic E-state index is 5.68. The van der Waals surface area contributed by atoms with Gasteiger partial charge in [0.1, 0.15) is 11.5 Å². The Morgan fingerprint density at radius 2 is 2.19 bits per heavy atom. The van der Waals surface area contributed by atoms with E-state index in [0.717, 1.165) is 18.1 Å². The topological polar surface area (TPSA) is 43.0 Å². The molecule has 2 aromatic rings. The first-order valence-electron chi connectivity index (χ1n) is 5.52. The lowest BCUT2D eigenvalue weighted by molar-refractivity contribution is 0.421. The Morgan fingerprint density at radius 1 is 1.38 bits per heavy atom. The number of nitrogens with zero attached hydrogens (tertiary/aromatic N) is 2. The van der Waals surface area contributed by atoms with Gasteiger partial charge in [-0.25, -0.2) is 0 Å². The lowest BCUT2D eigenvalue weighted by Crippen LogP contribution is -2.21. The van der Waals surface area contributed by atoms with Gasteiger partial charge in [-0.3, -0.25) is 4.68 Å². The summed E-state index contributed by atoms with van der Waals surface area (Å²) < 4.78 is 7.53. The number of hydrogen-bond donors (Lipinski definition) is 1. The van der Waals surface area contributed by atoms with Crippen LogP contribution in [0.2, 0.25) is 0 Å². The van der Waals surface area contributed by atoms with E-state index in [9.17, 15) is 0 Å². The highest BCUT2D eigenvalue weighted by atomic mass is 16.3. The molecule has 0 spiro atoms. The molecule has 4 heteroatoms. The van der Waals surface area contributed by atoms with E-state index in [1.165, 1.54) is 0 Å². The van der Waals surface area contributed by atoms with E-state index in [1.54, 1.807) is 6.20 Å². The zero-order valence-corrected chi connectivity index (χ0v) is 9.68. The minimum Gasteiger partial charge on any atom is -0.463 e. The van der Waals surface area contributed by atoms with Gasteiger partial charge in [-0.15, -0.1) is 0 Å². The first-order chi connectivity index (χ1) is 7.74. The maximum Gasteiger partial charge on any atom is 0.125 e. The van der Waals surface area contributed by atoms with Crippen molar-refractivity contribution in [3.05, 3.63) is 42.1 Å². The summed E-state index contributed by atoms with van der Waals surface area (Å²) in [4.78, 5) is 0. The molecule has 0 saturated carbocycles. The van der Waals surface area contributed by atoms with E-state index in [4.69, 9.17) is 4.42 Å². The fourth-order valence-corrected chi connectivity index (χ4v) is 1.46. The summed E-state index contributed by atoms with van der Waals surface area (Å²) in [7, 11) is 0. The second-order valence-electron chi connectivity index (χ2n) is 4.11. The molecule has 0 fully saturated rings. The highest BCUT2D eigenvalue weighted by Gasteiger charge is 2.03. The van der Waals surface area contributed by atoms with Gasteiger partial charge in [0.25, 0.3) is 0 Å². The largest absolute Gasteiger partial charge is 0.463 e. The van der Waals surface area contributed by atoms with Gasteiger partial charge in [-0.1, -0.05) is 13.8 Å². The van der Waals surface area contributed by atoms with E-state index < -0.39 is 0 Å². The van der Waals surface area contributed by atoms with Gasteiger partial charge >= 0.3 is 0 Å². The molecule has 4 nitrogen and oxygen atoms in total. The molecule has 0 aliphatic heterocycles. The lowest BCUT2D eigenvalue weighted by Gasteiger charge is -2.05. The van der Waals surface area contributed by atoms with Crippen molar-refractivity contribution >= 4 is 0 Å². The van der Waals surface area contributed by atoms with Crippen LogP contribution >= 0.6 is 0 Å². The average molecular weight is 219 g/mol. The standard InChI is InChI=1S/C12H17N3O/c1-10(2)13-8-11-4-5-12(16-11)9-15-7-3-6-14-15/h3-7,10,13H,8-9H2,1-2H3. The van der Waals surface area contributed by atoms with Gasteiger partial charge in [0.2, 0.25) is 0 Å². The molecule has 0 radical (unpaired) electrons. The Kier molecular flexibility index (Phi) is 3.41. The number of aromatic nitrogens is 2. The van der Waals surface area contributed by atoms with E-state index in [-0.39, 0.29) is 0 Å². The van der Waals surface area contributed by atoms with Crippen molar-refractivity contribution in [1.29, 1.82) is 0 Å². The van der Waals surface area contributed by atoms with Crippen molar-refractivity contribution in [3.63, 3.8) is 0 Å². The van der Waals surface area contributed by atoms with Crippen LogP contribution in [0.4, 0.5) is 0 Å². The summed E-state index contributed by atoms with van der Waals surface area (Å²) >= 11 is 0. The van der Waals surface area contributed by atoms with Crippen molar-refractivity contribution in [2.24, 2.45) is 0 Å². The molecule has 0 unspecified atom stereocenters. The van der Waals surface area contributed by atoms with Crippen LogP contribution in [-0.4, -0.2) is 15.8 Å². The van der Waals surface area contributed by atoms with E-state index in [2.05, 4.69) is 24.3 Å². The van der Waals surface area contributed by atoms with Gasteiger partial charge in [0.05, 0.1) is 13.1 Å². The van der Waals surface area contributed by atoms with Crippen molar-refractivity contribution in [2.45, 2.75) is 33.0 Å². The summed E-state index contributed by atoms with van der Waals surface area (Å²) in [6, 6.07) is 6.39. The number of rotatable bonds is 5. The molecule has 0 saturated heterocycles. The zero-order chi connectivity index (χ0) is 11.4.